The van der Waals surface area contributed by atoms with E-state index in [0.29, 0.717) is 29.0 Å². The summed E-state index contributed by atoms with van der Waals surface area (Å²) >= 11 is 1.07. The SMILES string of the molecule is CN(C)Cc1c(-c2ccc([N+](=O)[O-])cc2)sc2c1c(=O)n(-c1ccc(N3CCCCC3=O)nn1)c(=O)n2Cc1c(F)cccc1F. The molecule has 236 valence electrons. The van der Waals surface area contributed by atoms with Crippen LogP contribution < -0.4 is 16.1 Å². The molecule has 46 heavy (non-hydrogen) atoms. The topological polar surface area (TPSA) is 136 Å². The molecule has 0 N–H and O–H groups in total. The summed E-state index contributed by atoms with van der Waals surface area (Å²) in [6, 6.07) is 12.0. The molecule has 12 nitrogen and oxygen atoms in total. The van der Waals surface area contributed by atoms with Gasteiger partial charge in [0.1, 0.15) is 16.5 Å². The van der Waals surface area contributed by atoms with E-state index in [9.17, 15) is 33.3 Å². The molecule has 1 saturated heterocycles. The number of carbonyl (C=O) groups is 1. The van der Waals surface area contributed by atoms with Crippen LogP contribution in [0, 0.1) is 21.7 Å². The van der Waals surface area contributed by atoms with Crippen molar-refractivity contribution in [1.29, 1.82) is 0 Å². The van der Waals surface area contributed by atoms with Crippen molar-refractivity contribution in [2.75, 3.05) is 25.5 Å². The van der Waals surface area contributed by atoms with Crippen molar-refractivity contribution < 1.29 is 18.5 Å². The van der Waals surface area contributed by atoms with Gasteiger partial charge < -0.3 is 4.90 Å². The third-order valence-corrected chi connectivity index (χ3v) is 9.03. The highest BCUT2D eigenvalue weighted by molar-refractivity contribution is 7.22. The van der Waals surface area contributed by atoms with E-state index in [1.165, 1.54) is 35.2 Å². The van der Waals surface area contributed by atoms with Crippen molar-refractivity contribution in [1.82, 2.24) is 24.2 Å². The fourth-order valence-electron chi connectivity index (χ4n) is 5.52. The van der Waals surface area contributed by atoms with Crippen LogP contribution in [0.25, 0.3) is 26.5 Å². The van der Waals surface area contributed by atoms with Crippen LogP contribution in [0.1, 0.15) is 30.4 Å². The third-order valence-electron chi connectivity index (χ3n) is 7.73. The fraction of sp³-hybridized carbons (Fsp3) is 0.258. The van der Waals surface area contributed by atoms with Crippen LogP contribution >= 0.6 is 11.3 Å². The van der Waals surface area contributed by atoms with Gasteiger partial charge in [-0.15, -0.1) is 21.5 Å². The second-order valence-electron chi connectivity index (χ2n) is 11.1. The number of benzene rings is 2. The summed E-state index contributed by atoms with van der Waals surface area (Å²) < 4.78 is 31.8. The molecule has 5 aromatic rings. The van der Waals surface area contributed by atoms with Crippen LogP contribution in [0.2, 0.25) is 0 Å². The van der Waals surface area contributed by atoms with E-state index in [-0.39, 0.29) is 45.6 Å². The average Bonchev–Trinajstić information content (AvgIpc) is 3.39. The zero-order valence-electron chi connectivity index (χ0n) is 24.8. The van der Waals surface area contributed by atoms with Gasteiger partial charge >= 0.3 is 5.69 Å². The number of aromatic nitrogens is 4. The van der Waals surface area contributed by atoms with Crippen LogP contribution in [0.15, 0.2) is 64.2 Å². The monoisotopic (exact) mass is 647 g/mol. The number of nitro groups is 1. The molecular weight excluding hydrogens is 620 g/mol. The molecule has 6 rings (SSSR count). The fourth-order valence-corrected chi connectivity index (χ4v) is 6.82. The molecule has 4 heterocycles. The van der Waals surface area contributed by atoms with E-state index in [1.807, 2.05) is 4.90 Å². The van der Waals surface area contributed by atoms with E-state index in [2.05, 4.69) is 10.2 Å². The molecule has 0 saturated carbocycles. The molecule has 0 bridgehead atoms. The van der Waals surface area contributed by atoms with Crippen LogP contribution in [-0.4, -0.2) is 55.7 Å². The van der Waals surface area contributed by atoms with Crippen molar-refractivity contribution >= 4 is 39.0 Å². The number of hydrogen-bond donors (Lipinski definition) is 0. The van der Waals surface area contributed by atoms with Gasteiger partial charge in [-0.3, -0.25) is 29.2 Å². The second-order valence-corrected chi connectivity index (χ2v) is 12.1. The van der Waals surface area contributed by atoms with Gasteiger partial charge in [0.05, 0.1) is 16.9 Å². The van der Waals surface area contributed by atoms with Crippen LogP contribution in [0.4, 0.5) is 20.3 Å². The first-order valence-electron chi connectivity index (χ1n) is 14.3. The molecule has 3 aromatic heterocycles. The smallest absolute Gasteiger partial charge is 0.305 e. The predicted octanol–water partition coefficient (Wildman–Crippen LogP) is 4.48. The Morgan fingerprint density at radius 2 is 1.61 bits per heavy atom. The predicted molar refractivity (Wildman–Crippen MR) is 168 cm³/mol. The Balaban J connectivity index is 1.61. The summed E-state index contributed by atoms with van der Waals surface area (Å²) in [7, 11) is 3.58. The van der Waals surface area contributed by atoms with Gasteiger partial charge in [-0.25, -0.2) is 18.1 Å². The maximum absolute atomic E-state index is 14.9. The van der Waals surface area contributed by atoms with Crippen molar-refractivity contribution in [3.8, 4) is 16.3 Å². The maximum Gasteiger partial charge on any atom is 0.338 e. The Morgan fingerprint density at radius 1 is 0.935 bits per heavy atom. The minimum absolute atomic E-state index is 0.105. The van der Waals surface area contributed by atoms with Crippen molar-refractivity contribution in [2.24, 2.45) is 0 Å². The lowest BCUT2D eigenvalue weighted by Gasteiger charge is -2.25. The maximum atomic E-state index is 14.9. The number of anilines is 1. The number of halogens is 2. The Labute approximate surface area is 263 Å². The van der Waals surface area contributed by atoms with Crippen molar-refractivity contribution in [2.45, 2.75) is 32.4 Å². The normalized spacial score (nSPS) is 13.6. The molecule has 2 aromatic carbocycles. The number of fused-ring (bicyclic) bond motifs is 1. The first-order chi connectivity index (χ1) is 22.0. The zero-order valence-corrected chi connectivity index (χ0v) is 25.6. The summed E-state index contributed by atoms with van der Waals surface area (Å²) in [4.78, 5) is 55.6. The van der Waals surface area contributed by atoms with Crippen molar-refractivity contribution in [3.63, 3.8) is 0 Å². The number of carbonyl (C=O) groups excluding carboxylic acids is 1. The number of non-ortho nitro benzene ring substituents is 1. The first-order valence-corrected chi connectivity index (χ1v) is 15.1. The summed E-state index contributed by atoms with van der Waals surface area (Å²) in [5.41, 5.74) is -1.04. The summed E-state index contributed by atoms with van der Waals surface area (Å²) in [5, 5.41) is 19.7. The van der Waals surface area contributed by atoms with Gasteiger partial charge in [0.2, 0.25) is 5.91 Å². The molecule has 0 aliphatic carbocycles. The average molecular weight is 648 g/mol. The van der Waals surface area contributed by atoms with Gasteiger partial charge in [-0.1, -0.05) is 6.07 Å². The van der Waals surface area contributed by atoms with Crippen molar-refractivity contribution in [3.05, 3.63) is 108 Å². The lowest BCUT2D eigenvalue weighted by molar-refractivity contribution is -0.384. The second kappa shape index (κ2) is 12.3. The standard InChI is InChI=1S/C31H27F2N7O5S/c1-36(2)16-21-27-29(42)39(25-14-13-24(34-35-25)37-15-4-3-8-26(37)41)31(43)38(17-20-22(32)6-5-7-23(20)33)30(27)46-28(21)18-9-11-19(12-10-18)40(44)45/h5-7,9-14H,3-4,8,15-17H2,1-2H3. The van der Waals surface area contributed by atoms with E-state index in [1.54, 1.807) is 26.2 Å². The minimum atomic E-state index is -0.899. The molecule has 1 aliphatic rings. The third kappa shape index (κ3) is 5.58. The highest BCUT2D eigenvalue weighted by Gasteiger charge is 2.27. The summed E-state index contributed by atoms with van der Waals surface area (Å²) in [6.45, 7) is 0.160. The molecule has 0 spiro atoms. The molecule has 1 amide bonds. The quantitative estimate of drug-likeness (QED) is 0.178. The minimum Gasteiger partial charge on any atom is -0.305 e. The van der Waals surface area contributed by atoms with E-state index in [0.717, 1.165) is 45.4 Å². The van der Waals surface area contributed by atoms with Gasteiger partial charge in [-0.2, -0.15) is 0 Å². The summed E-state index contributed by atoms with van der Waals surface area (Å²) in [6.07, 6.45) is 1.95. The zero-order chi connectivity index (χ0) is 32.7. The Bertz CT molecular complexity index is 2090. The largest absolute Gasteiger partial charge is 0.338 e. The molecular formula is C31H27F2N7O5S. The molecule has 0 unspecified atom stereocenters. The number of thiophene rings is 1. The number of hydrogen-bond acceptors (Lipinski definition) is 9. The number of amides is 1. The summed E-state index contributed by atoms with van der Waals surface area (Å²) in [5.74, 6) is -1.69. The van der Waals surface area contributed by atoms with Crippen LogP contribution in [-0.2, 0) is 17.9 Å². The molecule has 1 aliphatic heterocycles. The van der Waals surface area contributed by atoms with Gasteiger partial charge in [0.15, 0.2) is 11.6 Å². The number of rotatable bonds is 8. The van der Waals surface area contributed by atoms with Gasteiger partial charge in [0, 0.05) is 42.1 Å². The highest BCUT2D eigenvalue weighted by atomic mass is 32.1. The van der Waals surface area contributed by atoms with E-state index in [4.69, 9.17) is 0 Å². The Kier molecular flexibility index (Phi) is 8.27. The first kappa shape index (κ1) is 30.9. The van der Waals surface area contributed by atoms with Crippen LogP contribution in [0.3, 0.4) is 0 Å². The lowest BCUT2D eigenvalue weighted by Crippen LogP contribution is -2.40. The highest BCUT2D eigenvalue weighted by Crippen LogP contribution is 2.38. The molecule has 1 fully saturated rings. The van der Waals surface area contributed by atoms with E-state index < -0.39 is 34.4 Å². The van der Waals surface area contributed by atoms with E-state index >= 15 is 0 Å². The van der Waals surface area contributed by atoms with Gasteiger partial charge in [0.25, 0.3) is 11.2 Å². The number of piperidine rings is 1. The molecule has 0 radical (unpaired) electrons. The molecule has 15 heteroatoms. The number of nitro benzene ring substituents is 1. The lowest BCUT2D eigenvalue weighted by atomic mass is 10.1. The number of nitrogens with zero attached hydrogens (tertiary/aromatic N) is 7. The Morgan fingerprint density at radius 3 is 2.22 bits per heavy atom. The van der Waals surface area contributed by atoms with Gasteiger partial charge in [-0.05, 0) is 74.5 Å². The van der Waals surface area contributed by atoms with Crippen LogP contribution in [0.5, 0.6) is 0 Å². The molecule has 0 atom stereocenters. The Hall–Kier alpha value is -5.15.